The molecule has 0 amide bonds. The predicted molar refractivity (Wildman–Crippen MR) is 59.2 cm³/mol. The van der Waals surface area contributed by atoms with Gasteiger partial charge in [-0.3, -0.25) is 4.79 Å². The van der Waals surface area contributed by atoms with Crippen LogP contribution in [0.25, 0.3) is 0 Å². The van der Waals surface area contributed by atoms with Crippen molar-refractivity contribution < 1.29 is 9.90 Å². The molecule has 0 radical (unpaired) electrons. The van der Waals surface area contributed by atoms with Gasteiger partial charge in [-0.05, 0) is 24.1 Å². The molecule has 0 fully saturated rings. The molecule has 3 nitrogen and oxygen atoms in total. The summed E-state index contributed by atoms with van der Waals surface area (Å²) >= 11 is 0. The van der Waals surface area contributed by atoms with Crippen molar-refractivity contribution in [3.8, 4) is 0 Å². The van der Waals surface area contributed by atoms with Crippen molar-refractivity contribution in [1.29, 1.82) is 0 Å². The summed E-state index contributed by atoms with van der Waals surface area (Å²) in [6, 6.07) is 6.04. The molecule has 2 N–H and O–H groups in total. The number of hydrogen-bond acceptors (Lipinski definition) is 2. The molecule has 15 heavy (non-hydrogen) atoms. The molecule has 0 saturated carbocycles. The maximum atomic E-state index is 11.0. The van der Waals surface area contributed by atoms with E-state index in [9.17, 15) is 4.79 Å². The highest BCUT2D eigenvalue weighted by Gasteiger charge is 2.31. The van der Waals surface area contributed by atoms with Crippen LogP contribution in [0.15, 0.2) is 18.2 Å². The van der Waals surface area contributed by atoms with Crippen molar-refractivity contribution in [3.63, 3.8) is 0 Å². The number of carboxylic acid groups (broad SMARTS) is 1. The fourth-order valence-corrected chi connectivity index (χ4v) is 2.25. The van der Waals surface area contributed by atoms with Crippen molar-refractivity contribution in [2.24, 2.45) is 5.92 Å². The van der Waals surface area contributed by atoms with Gasteiger partial charge in [-0.2, -0.15) is 0 Å². The van der Waals surface area contributed by atoms with Gasteiger partial charge >= 0.3 is 5.97 Å². The van der Waals surface area contributed by atoms with Crippen molar-refractivity contribution in [2.75, 3.05) is 11.9 Å². The first-order valence-electron chi connectivity index (χ1n) is 5.17. The molecule has 3 heteroatoms. The highest BCUT2D eigenvalue weighted by Crippen LogP contribution is 2.38. The molecule has 1 heterocycles. The van der Waals surface area contributed by atoms with Crippen LogP contribution < -0.4 is 5.32 Å². The average Bonchev–Trinajstić information content (AvgIpc) is 2.61. The van der Waals surface area contributed by atoms with Crippen LogP contribution in [0.2, 0.25) is 0 Å². The molecular weight excluding hydrogens is 190 g/mol. The van der Waals surface area contributed by atoms with Crippen LogP contribution in [0.1, 0.15) is 24.0 Å². The lowest BCUT2D eigenvalue weighted by molar-refractivity contribution is -0.141. The molecule has 0 aliphatic carbocycles. The zero-order valence-electron chi connectivity index (χ0n) is 8.95. The molecule has 0 spiro atoms. The third kappa shape index (κ3) is 1.58. The fourth-order valence-electron chi connectivity index (χ4n) is 2.25. The molecule has 1 aliphatic rings. The highest BCUT2D eigenvalue weighted by molar-refractivity contribution is 5.73. The molecule has 0 saturated heterocycles. The standard InChI is InChI=1S/C12H15NO2/c1-7-4-3-5-10-11(7)9(6-13-10)8(2)12(14)15/h3-5,8-9,13H,6H2,1-2H3,(H,14,15). The first-order chi connectivity index (χ1) is 7.11. The van der Waals surface area contributed by atoms with Crippen LogP contribution in [0.3, 0.4) is 0 Å². The number of hydrogen-bond donors (Lipinski definition) is 2. The lowest BCUT2D eigenvalue weighted by Gasteiger charge is -2.16. The topological polar surface area (TPSA) is 49.3 Å². The van der Waals surface area contributed by atoms with Crippen LogP contribution in [-0.4, -0.2) is 17.6 Å². The fraction of sp³-hybridized carbons (Fsp3) is 0.417. The lowest BCUT2D eigenvalue weighted by atomic mass is 9.86. The third-order valence-corrected chi connectivity index (χ3v) is 3.20. The normalized spacial score (nSPS) is 20.5. The van der Waals surface area contributed by atoms with E-state index in [1.165, 1.54) is 11.1 Å². The van der Waals surface area contributed by atoms with Gasteiger partial charge in [0.25, 0.3) is 0 Å². The summed E-state index contributed by atoms with van der Waals surface area (Å²) in [7, 11) is 0. The van der Waals surface area contributed by atoms with Gasteiger partial charge in [0.2, 0.25) is 0 Å². The molecule has 1 aromatic carbocycles. The van der Waals surface area contributed by atoms with Gasteiger partial charge in [0.1, 0.15) is 0 Å². The molecule has 2 rings (SSSR count). The maximum Gasteiger partial charge on any atom is 0.306 e. The van der Waals surface area contributed by atoms with Gasteiger partial charge in [-0.25, -0.2) is 0 Å². The summed E-state index contributed by atoms with van der Waals surface area (Å²) in [6.07, 6.45) is 0. The smallest absolute Gasteiger partial charge is 0.306 e. The summed E-state index contributed by atoms with van der Waals surface area (Å²) < 4.78 is 0. The Bertz CT molecular complexity index is 401. The Labute approximate surface area is 89.1 Å². The summed E-state index contributed by atoms with van der Waals surface area (Å²) in [5, 5.41) is 12.3. The second-order valence-electron chi connectivity index (χ2n) is 4.15. The molecule has 1 aliphatic heterocycles. The number of aryl methyl sites for hydroxylation is 1. The number of nitrogens with one attached hydrogen (secondary N) is 1. The quantitative estimate of drug-likeness (QED) is 0.778. The molecule has 80 valence electrons. The van der Waals surface area contributed by atoms with E-state index in [0.717, 1.165) is 12.2 Å². The first kappa shape index (κ1) is 10.0. The van der Waals surface area contributed by atoms with E-state index < -0.39 is 5.97 Å². The maximum absolute atomic E-state index is 11.0. The lowest BCUT2D eigenvalue weighted by Crippen LogP contribution is -2.20. The van der Waals surface area contributed by atoms with Crippen molar-refractivity contribution >= 4 is 11.7 Å². The van der Waals surface area contributed by atoms with Gasteiger partial charge < -0.3 is 10.4 Å². The van der Waals surface area contributed by atoms with Crippen LogP contribution in [0.4, 0.5) is 5.69 Å². The minimum Gasteiger partial charge on any atom is -0.481 e. The number of aliphatic carboxylic acids is 1. The number of carboxylic acids is 1. The van der Waals surface area contributed by atoms with Crippen molar-refractivity contribution in [3.05, 3.63) is 29.3 Å². The highest BCUT2D eigenvalue weighted by atomic mass is 16.4. The van der Waals surface area contributed by atoms with Gasteiger partial charge in [0.15, 0.2) is 0 Å². The van der Waals surface area contributed by atoms with E-state index in [2.05, 4.69) is 5.32 Å². The van der Waals surface area contributed by atoms with E-state index in [1.807, 2.05) is 25.1 Å². The second-order valence-corrected chi connectivity index (χ2v) is 4.15. The Morgan fingerprint density at radius 2 is 2.33 bits per heavy atom. The van der Waals surface area contributed by atoms with Crippen LogP contribution in [0.5, 0.6) is 0 Å². The van der Waals surface area contributed by atoms with Crippen molar-refractivity contribution in [1.82, 2.24) is 0 Å². The Morgan fingerprint density at radius 3 is 3.00 bits per heavy atom. The monoisotopic (exact) mass is 205 g/mol. The van der Waals surface area contributed by atoms with Gasteiger partial charge in [0.05, 0.1) is 5.92 Å². The Kier molecular flexibility index (Phi) is 2.39. The average molecular weight is 205 g/mol. The van der Waals surface area contributed by atoms with Crippen LogP contribution in [0, 0.1) is 12.8 Å². The number of anilines is 1. The van der Waals surface area contributed by atoms with Crippen LogP contribution >= 0.6 is 0 Å². The summed E-state index contributed by atoms with van der Waals surface area (Å²) in [4.78, 5) is 11.0. The third-order valence-electron chi connectivity index (χ3n) is 3.20. The number of benzene rings is 1. The Hall–Kier alpha value is -1.51. The van der Waals surface area contributed by atoms with Crippen LogP contribution in [-0.2, 0) is 4.79 Å². The summed E-state index contributed by atoms with van der Waals surface area (Å²) in [6.45, 7) is 4.54. The number of fused-ring (bicyclic) bond motifs is 1. The van der Waals surface area contributed by atoms with Gasteiger partial charge in [0, 0.05) is 18.2 Å². The number of carbonyl (C=O) groups is 1. The number of rotatable bonds is 2. The zero-order valence-corrected chi connectivity index (χ0v) is 8.95. The van der Waals surface area contributed by atoms with Crippen molar-refractivity contribution in [2.45, 2.75) is 19.8 Å². The van der Waals surface area contributed by atoms with Gasteiger partial charge in [-0.15, -0.1) is 0 Å². The Morgan fingerprint density at radius 1 is 1.60 bits per heavy atom. The minimum absolute atomic E-state index is 0.0960. The molecule has 2 atom stereocenters. The largest absolute Gasteiger partial charge is 0.481 e. The minimum atomic E-state index is -0.724. The Balaban J connectivity index is 2.39. The summed E-state index contributed by atoms with van der Waals surface area (Å²) in [5.74, 6) is -0.962. The predicted octanol–water partition coefficient (Wildman–Crippen LogP) is 2.22. The van der Waals surface area contributed by atoms with E-state index in [-0.39, 0.29) is 11.8 Å². The molecule has 2 unspecified atom stereocenters. The van der Waals surface area contributed by atoms with E-state index in [4.69, 9.17) is 5.11 Å². The molecule has 0 bridgehead atoms. The second kappa shape index (κ2) is 3.57. The molecule has 0 aromatic heterocycles. The zero-order chi connectivity index (χ0) is 11.0. The van der Waals surface area contributed by atoms with E-state index in [1.54, 1.807) is 6.92 Å². The molecule has 1 aromatic rings. The van der Waals surface area contributed by atoms with Gasteiger partial charge in [-0.1, -0.05) is 19.1 Å². The SMILES string of the molecule is Cc1cccc2c1C(C(C)C(=O)O)CN2. The van der Waals surface area contributed by atoms with E-state index >= 15 is 0 Å². The van der Waals surface area contributed by atoms with E-state index in [0.29, 0.717) is 0 Å². The molecular formula is C12H15NO2. The first-order valence-corrected chi connectivity index (χ1v) is 5.17. The summed E-state index contributed by atoms with van der Waals surface area (Å²) in [5.41, 5.74) is 3.44.